The number of amides is 3. The lowest BCUT2D eigenvalue weighted by molar-refractivity contribution is -0.177. The summed E-state index contributed by atoms with van der Waals surface area (Å²) < 4.78 is 5.43. The van der Waals surface area contributed by atoms with Crippen LogP contribution in [0.2, 0.25) is 5.02 Å². The lowest BCUT2D eigenvalue weighted by Gasteiger charge is -2.53. The maximum atomic E-state index is 12.6. The monoisotopic (exact) mass is 467 g/mol. The van der Waals surface area contributed by atoms with E-state index < -0.39 is 5.92 Å². The maximum absolute atomic E-state index is 12.6. The third kappa shape index (κ3) is 4.05. The predicted octanol–water partition coefficient (Wildman–Crippen LogP) is 2.57. The van der Waals surface area contributed by atoms with Crippen LogP contribution in [-0.2, 0) is 25.7 Å². The highest BCUT2D eigenvalue weighted by Crippen LogP contribution is 2.37. The smallest absolute Gasteiger partial charge is 0.237 e. The van der Waals surface area contributed by atoms with Crippen LogP contribution in [0.3, 0.4) is 0 Å². The van der Waals surface area contributed by atoms with E-state index in [1.54, 1.807) is 0 Å². The predicted molar refractivity (Wildman–Crippen MR) is 124 cm³/mol. The summed E-state index contributed by atoms with van der Waals surface area (Å²) in [5.74, 6) is -0.847. The molecule has 3 heterocycles. The van der Waals surface area contributed by atoms with E-state index in [9.17, 15) is 14.4 Å². The van der Waals surface area contributed by atoms with Gasteiger partial charge < -0.3 is 9.64 Å². The number of nitrogens with zero attached hydrogens (tertiary/aromatic N) is 2. The number of rotatable bonds is 4. The molecule has 0 aromatic heterocycles. The van der Waals surface area contributed by atoms with E-state index in [1.807, 2.05) is 54.4 Å². The molecule has 3 amide bonds. The summed E-state index contributed by atoms with van der Waals surface area (Å²) in [6.07, 6.45) is 0.766. The number of ether oxygens (including phenoxy) is 1. The number of piperazine rings is 1. The van der Waals surface area contributed by atoms with Gasteiger partial charge in [0.25, 0.3) is 0 Å². The van der Waals surface area contributed by atoms with Crippen molar-refractivity contribution in [2.24, 2.45) is 0 Å². The van der Waals surface area contributed by atoms with Gasteiger partial charge in [0.1, 0.15) is 0 Å². The second-order valence-corrected chi connectivity index (χ2v) is 9.61. The minimum absolute atomic E-state index is 0.0577. The zero-order valence-electron chi connectivity index (χ0n) is 18.5. The molecule has 3 aliphatic heterocycles. The van der Waals surface area contributed by atoms with Gasteiger partial charge in [0, 0.05) is 25.1 Å². The van der Waals surface area contributed by atoms with Gasteiger partial charge >= 0.3 is 0 Å². The Labute approximate surface area is 197 Å². The number of piperidine rings is 1. The lowest BCUT2D eigenvalue weighted by Crippen LogP contribution is -2.71. The largest absolute Gasteiger partial charge is 0.377 e. The maximum Gasteiger partial charge on any atom is 0.237 e. The highest BCUT2D eigenvalue weighted by atomic mass is 35.5. The molecule has 3 aliphatic rings. The molecule has 172 valence electrons. The van der Waals surface area contributed by atoms with Gasteiger partial charge in [-0.25, -0.2) is 0 Å². The Bertz CT molecular complexity index is 1110. The van der Waals surface area contributed by atoms with Crippen LogP contribution in [0.15, 0.2) is 42.5 Å². The summed E-state index contributed by atoms with van der Waals surface area (Å²) in [6, 6.07) is 13.7. The van der Waals surface area contributed by atoms with Crippen LogP contribution in [0.1, 0.15) is 29.9 Å². The van der Waals surface area contributed by atoms with Crippen molar-refractivity contribution < 1.29 is 19.1 Å². The molecule has 0 bridgehead atoms. The van der Waals surface area contributed by atoms with Crippen molar-refractivity contribution in [3.8, 4) is 11.1 Å². The van der Waals surface area contributed by atoms with Gasteiger partial charge in [-0.3, -0.25) is 24.6 Å². The van der Waals surface area contributed by atoms with Crippen molar-refractivity contribution in [3.63, 3.8) is 0 Å². The molecule has 2 aromatic carbocycles. The molecule has 3 fully saturated rings. The van der Waals surface area contributed by atoms with Gasteiger partial charge in [0.05, 0.1) is 36.2 Å². The Hall–Kier alpha value is -2.74. The van der Waals surface area contributed by atoms with Gasteiger partial charge in [-0.1, -0.05) is 54.1 Å². The number of halogens is 1. The first-order valence-corrected chi connectivity index (χ1v) is 11.5. The number of carbonyl (C=O) groups is 3. The summed E-state index contributed by atoms with van der Waals surface area (Å²) in [5.41, 5.74) is 3.50. The van der Waals surface area contributed by atoms with Gasteiger partial charge in [-0.2, -0.15) is 0 Å². The average Bonchev–Trinajstić information content (AvgIpc) is 2.76. The average molecular weight is 468 g/mol. The highest BCUT2D eigenvalue weighted by molar-refractivity contribution is 6.34. The molecular formula is C25H26ClN3O4. The summed E-state index contributed by atoms with van der Waals surface area (Å²) in [5, 5.41) is 2.93. The summed E-state index contributed by atoms with van der Waals surface area (Å²) in [7, 11) is 1.99. The van der Waals surface area contributed by atoms with Gasteiger partial charge in [-0.15, -0.1) is 0 Å². The van der Waals surface area contributed by atoms with E-state index in [-0.39, 0.29) is 23.3 Å². The van der Waals surface area contributed by atoms with E-state index in [1.165, 1.54) is 0 Å². The number of hydrogen-bond acceptors (Lipinski definition) is 5. The van der Waals surface area contributed by atoms with Crippen molar-refractivity contribution in [1.29, 1.82) is 0 Å². The lowest BCUT2D eigenvalue weighted by atomic mass is 9.88. The Morgan fingerprint density at radius 1 is 1.12 bits per heavy atom. The third-order valence-corrected chi connectivity index (χ3v) is 7.46. The van der Waals surface area contributed by atoms with E-state index in [2.05, 4.69) is 10.2 Å². The quantitative estimate of drug-likeness (QED) is 0.699. The normalized spacial score (nSPS) is 22.9. The number of hydrogen-bond donors (Lipinski definition) is 1. The fourth-order valence-electron chi connectivity index (χ4n) is 4.87. The first kappa shape index (κ1) is 22.1. The van der Waals surface area contributed by atoms with Crippen LogP contribution in [0, 0.1) is 0 Å². The van der Waals surface area contributed by atoms with E-state index in [4.69, 9.17) is 16.3 Å². The zero-order valence-corrected chi connectivity index (χ0v) is 19.2. The van der Waals surface area contributed by atoms with Crippen molar-refractivity contribution in [2.45, 2.75) is 30.8 Å². The fraction of sp³-hybridized carbons (Fsp3) is 0.400. The van der Waals surface area contributed by atoms with E-state index in [0.717, 1.165) is 22.3 Å². The van der Waals surface area contributed by atoms with Crippen LogP contribution in [0.4, 0.5) is 0 Å². The second-order valence-electron chi connectivity index (χ2n) is 9.23. The van der Waals surface area contributed by atoms with Crippen molar-refractivity contribution in [3.05, 3.63) is 58.6 Å². The van der Waals surface area contributed by atoms with Crippen LogP contribution in [0.5, 0.6) is 0 Å². The number of benzene rings is 2. The van der Waals surface area contributed by atoms with Gasteiger partial charge in [0.2, 0.25) is 17.7 Å². The molecule has 0 radical (unpaired) electrons. The van der Waals surface area contributed by atoms with Crippen LogP contribution in [0.25, 0.3) is 11.1 Å². The molecule has 7 nitrogen and oxygen atoms in total. The van der Waals surface area contributed by atoms with Crippen LogP contribution in [-0.4, -0.2) is 66.4 Å². The molecule has 1 unspecified atom stereocenters. The molecule has 5 rings (SSSR count). The molecule has 3 saturated heterocycles. The number of imide groups is 1. The zero-order chi connectivity index (χ0) is 23.2. The Balaban J connectivity index is 1.33. The Kier molecular flexibility index (Phi) is 5.72. The molecule has 2 aromatic rings. The standard InChI is InChI=1S/C25H26ClN3O4/c1-28-12-22(31)29(13-25(28)14-33-15-25)11-16-5-7-17(8-6-16)18-3-2-4-19(23(18)26)20-9-10-21(30)27-24(20)32/h2-8,20H,9-15H2,1H3,(H,27,30,32). The van der Waals surface area contributed by atoms with Gasteiger partial charge in [-0.05, 0) is 30.2 Å². The van der Waals surface area contributed by atoms with Crippen molar-refractivity contribution in [2.75, 3.05) is 33.4 Å². The topological polar surface area (TPSA) is 79.0 Å². The van der Waals surface area contributed by atoms with Gasteiger partial charge in [0.15, 0.2) is 0 Å². The molecule has 1 atom stereocenters. The minimum atomic E-state index is -0.430. The Morgan fingerprint density at radius 3 is 2.55 bits per heavy atom. The summed E-state index contributed by atoms with van der Waals surface area (Å²) in [6.45, 7) is 2.95. The molecule has 0 aliphatic carbocycles. The number of likely N-dealkylation sites (N-methyl/N-ethyl adjacent to an activating group) is 1. The van der Waals surface area contributed by atoms with Crippen LogP contribution < -0.4 is 5.32 Å². The summed E-state index contributed by atoms with van der Waals surface area (Å²) >= 11 is 6.73. The molecule has 8 heteroatoms. The first-order valence-electron chi connectivity index (χ1n) is 11.1. The Morgan fingerprint density at radius 2 is 1.88 bits per heavy atom. The summed E-state index contributed by atoms with van der Waals surface area (Å²) in [4.78, 5) is 40.4. The number of carbonyl (C=O) groups excluding carboxylic acids is 3. The second kappa shape index (κ2) is 8.56. The highest BCUT2D eigenvalue weighted by Gasteiger charge is 2.48. The molecule has 33 heavy (non-hydrogen) atoms. The molecule has 1 N–H and O–H groups in total. The first-order chi connectivity index (χ1) is 15.9. The number of nitrogens with one attached hydrogen (secondary N) is 1. The van der Waals surface area contributed by atoms with Crippen molar-refractivity contribution in [1.82, 2.24) is 15.1 Å². The third-order valence-electron chi connectivity index (χ3n) is 7.04. The SMILES string of the molecule is CN1CC(=O)N(Cc2ccc(-c3cccc(C4CCC(=O)NC4=O)c3Cl)cc2)CC12COC2. The van der Waals surface area contributed by atoms with E-state index >= 15 is 0 Å². The molecule has 1 spiro atoms. The molecular weight excluding hydrogens is 442 g/mol. The van der Waals surface area contributed by atoms with Crippen molar-refractivity contribution >= 4 is 29.3 Å². The van der Waals surface area contributed by atoms with Crippen LogP contribution >= 0.6 is 11.6 Å². The molecule has 0 saturated carbocycles. The fourth-order valence-corrected chi connectivity index (χ4v) is 5.24. The van der Waals surface area contributed by atoms with E-state index in [0.29, 0.717) is 50.7 Å². The minimum Gasteiger partial charge on any atom is -0.377 e.